The summed E-state index contributed by atoms with van der Waals surface area (Å²) in [6, 6.07) is 19.3. The van der Waals surface area contributed by atoms with E-state index in [-0.39, 0.29) is 5.97 Å². The van der Waals surface area contributed by atoms with Crippen molar-refractivity contribution < 1.29 is 14.3 Å². The molecule has 0 fully saturated rings. The highest BCUT2D eigenvalue weighted by Gasteiger charge is 2.10. The number of nitrogens with zero attached hydrogens (tertiary/aromatic N) is 1. The fourth-order valence-corrected chi connectivity index (χ4v) is 4.10. The second-order valence-electron chi connectivity index (χ2n) is 9.42. The summed E-state index contributed by atoms with van der Waals surface area (Å²) < 4.78 is 11.3. The van der Waals surface area contributed by atoms with Crippen LogP contribution >= 0.6 is 0 Å². The molecule has 1 aromatic heterocycles. The molecule has 0 bridgehead atoms. The van der Waals surface area contributed by atoms with Gasteiger partial charge in [-0.1, -0.05) is 77.3 Å². The lowest BCUT2D eigenvalue weighted by Gasteiger charge is -2.08. The van der Waals surface area contributed by atoms with Gasteiger partial charge < -0.3 is 9.47 Å². The first-order valence-electron chi connectivity index (χ1n) is 13.7. The van der Waals surface area contributed by atoms with E-state index < -0.39 is 0 Å². The van der Waals surface area contributed by atoms with Gasteiger partial charge in [-0.2, -0.15) is 0 Å². The summed E-state index contributed by atoms with van der Waals surface area (Å²) in [5.74, 6) is 0.935. The van der Waals surface area contributed by atoms with Crippen LogP contribution in [0.3, 0.4) is 0 Å². The van der Waals surface area contributed by atoms with Crippen LogP contribution in [0.4, 0.5) is 0 Å². The Hall–Kier alpha value is -3.14. The smallest absolute Gasteiger partial charge is 0.343 e. The zero-order chi connectivity index (χ0) is 25.4. The Morgan fingerprint density at radius 3 is 1.97 bits per heavy atom. The summed E-state index contributed by atoms with van der Waals surface area (Å²) in [7, 11) is 0. The molecule has 0 spiro atoms. The maximum atomic E-state index is 12.6. The van der Waals surface area contributed by atoms with E-state index in [1.807, 2.05) is 54.6 Å². The predicted octanol–water partition coefficient (Wildman–Crippen LogP) is 8.83. The Labute approximate surface area is 217 Å². The van der Waals surface area contributed by atoms with Crippen molar-refractivity contribution in [1.82, 2.24) is 4.98 Å². The van der Waals surface area contributed by atoms with Gasteiger partial charge in [-0.25, -0.2) is 4.79 Å². The Bertz CT molecular complexity index is 1010. The molecule has 3 rings (SSSR count). The molecule has 1 heterocycles. The van der Waals surface area contributed by atoms with Crippen LogP contribution in [0, 0.1) is 0 Å². The number of benzene rings is 2. The van der Waals surface area contributed by atoms with Crippen LogP contribution < -0.4 is 9.47 Å². The van der Waals surface area contributed by atoms with Gasteiger partial charge in [0.05, 0.1) is 24.1 Å². The zero-order valence-electron chi connectivity index (χ0n) is 22.0. The van der Waals surface area contributed by atoms with E-state index in [1.165, 1.54) is 56.9 Å². The number of unbranched alkanes of at least 4 members (excludes halogenated alkanes) is 8. The number of aryl methyl sites for hydroxylation is 1. The number of aromatic nitrogens is 1. The standard InChI is InChI=1S/C32H41NO3/c1-3-5-7-8-9-10-11-12-13-26-14-16-28(17-15-26)32(34)36-30-22-23-31(33-25-30)27-18-20-29(21-19-27)35-24-6-4-2/h14-23,25H,3-13,24H2,1-2H3. The fraction of sp³-hybridized carbons (Fsp3) is 0.438. The van der Waals surface area contributed by atoms with Crippen LogP contribution in [0.25, 0.3) is 11.3 Å². The Morgan fingerprint density at radius 1 is 0.694 bits per heavy atom. The second-order valence-corrected chi connectivity index (χ2v) is 9.42. The van der Waals surface area contributed by atoms with Gasteiger partial charge in [0.1, 0.15) is 11.5 Å². The third-order valence-corrected chi connectivity index (χ3v) is 6.37. The Balaban J connectivity index is 1.42. The van der Waals surface area contributed by atoms with Crippen LogP contribution in [0.2, 0.25) is 0 Å². The first-order valence-corrected chi connectivity index (χ1v) is 13.7. The lowest BCUT2D eigenvalue weighted by molar-refractivity contribution is 0.0734. The van der Waals surface area contributed by atoms with Gasteiger partial charge in [0.15, 0.2) is 0 Å². The largest absolute Gasteiger partial charge is 0.494 e. The summed E-state index contributed by atoms with van der Waals surface area (Å²) >= 11 is 0. The number of carbonyl (C=O) groups excluding carboxylic acids is 1. The quantitative estimate of drug-likeness (QED) is 0.150. The van der Waals surface area contributed by atoms with Crippen LogP contribution in [-0.2, 0) is 6.42 Å². The number of esters is 1. The van der Waals surface area contributed by atoms with E-state index in [4.69, 9.17) is 9.47 Å². The molecule has 0 unspecified atom stereocenters. The van der Waals surface area contributed by atoms with Gasteiger partial charge in [0, 0.05) is 5.56 Å². The van der Waals surface area contributed by atoms with E-state index in [1.54, 1.807) is 12.3 Å². The number of carbonyl (C=O) groups is 1. The zero-order valence-corrected chi connectivity index (χ0v) is 22.0. The molecule has 2 aromatic carbocycles. The van der Waals surface area contributed by atoms with Gasteiger partial charge >= 0.3 is 5.97 Å². The maximum Gasteiger partial charge on any atom is 0.343 e. The first-order chi connectivity index (χ1) is 17.7. The highest BCUT2D eigenvalue weighted by Crippen LogP contribution is 2.23. The van der Waals surface area contributed by atoms with Crippen molar-refractivity contribution in [3.63, 3.8) is 0 Å². The van der Waals surface area contributed by atoms with E-state index in [2.05, 4.69) is 18.8 Å². The number of hydrogen-bond acceptors (Lipinski definition) is 4. The first kappa shape index (κ1) is 27.4. The molecular weight excluding hydrogens is 446 g/mol. The Kier molecular flexibility index (Phi) is 12.0. The molecular formula is C32H41NO3. The summed E-state index contributed by atoms with van der Waals surface area (Å²) in [6.07, 6.45) is 15.4. The maximum absolute atomic E-state index is 12.6. The van der Waals surface area contributed by atoms with Crippen LogP contribution in [0.5, 0.6) is 11.5 Å². The van der Waals surface area contributed by atoms with Crippen LogP contribution in [-0.4, -0.2) is 17.6 Å². The topological polar surface area (TPSA) is 48.4 Å². The van der Waals surface area contributed by atoms with E-state index in [9.17, 15) is 4.79 Å². The van der Waals surface area contributed by atoms with E-state index in [0.717, 1.165) is 42.9 Å². The third-order valence-electron chi connectivity index (χ3n) is 6.37. The third kappa shape index (κ3) is 9.49. The van der Waals surface area contributed by atoms with Gasteiger partial charge in [0.25, 0.3) is 0 Å². The summed E-state index contributed by atoms with van der Waals surface area (Å²) in [6.45, 7) is 5.13. The molecule has 0 saturated carbocycles. The average molecular weight is 488 g/mol. The lowest BCUT2D eigenvalue weighted by atomic mass is 10.0. The molecule has 0 atom stereocenters. The molecule has 0 N–H and O–H groups in total. The molecule has 3 aromatic rings. The minimum atomic E-state index is -0.364. The minimum Gasteiger partial charge on any atom is -0.494 e. The molecule has 0 radical (unpaired) electrons. The normalized spacial score (nSPS) is 10.8. The van der Waals surface area contributed by atoms with Crippen molar-refractivity contribution in [3.05, 3.63) is 78.0 Å². The molecule has 36 heavy (non-hydrogen) atoms. The molecule has 0 aliphatic heterocycles. The van der Waals surface area contributed by atoms with Crippen molar-refractivity contribution in [2.24, 2.45) is 0 Å². The molecule has 0 amide bonds. The monoisotopic (exact) mass is 487 g/mol. The molecule has 4 heteroatoms. The highest BCUT2D eigenvalue weighted by atomic mass is 16.5. The predicted molar refractivity (Wildman–Crippen MR) is 148 cm³/mol. The average Bonchev–Trinajstić information content (AvgIpc) is 2.91. The number of hydrogen-bond donors (Lipinski definition) is 0. The van der Waals surface area contributed by atoms with Crippen molar-refractivity contribution in [3.8, 4) is 22.8 Å². The van der Waals surface area contributed by atoms with Gasteiger partial charge in [0.2, 0.25) is 0 Å². The minimum absolute atomic E-state index is 0.364. The number of rotatable bonds is 16. The van der Waals surface area contributed by atoms with Crippen LogP contribution in [0.15, 0.2) is 66.9 Å². The fourth-order valence-electron chi connectivity index (χ4n) is 4.10. The molecule has 0 aliphatic rings. The van der Waals surface area contributed by atoms with Gasteiger partial charge in [-0.05, 0) is 73.4 Å². The van der Waals surface area contributed by atoms with Crippen molar-refractivity contribution in [2.45, 2.75) is 84.5 Å². The summed E-state index contributed by atoms with van der Waals surface area (Å²) in [4.78, 5) is 17.0. The molecule has 4 nitrogen and oxygen atoms in total. The van der Waals surface area contributed by atoms with E-state index in [0.29, 0.717) is 11.3 Å². The van der Waals surface area contributed by atoms with Crippen molar-refractivity contribution in [2.75, 3.05) is 6.61 Å². The molecule has 192 valence electrons. The lowest BCUT2D eigenvalue weighted by Crippen LogP contribution is -2.08. The summed E-state index contributed by atoms with van der Waals surface area (Å²) in [5, 5.41) is 0. The summed E-state index contributed by atoms with van der Waals surface area (Å²) in [5.41, 5.74) is 3.63. The molecule has 0 saturated heterocycles. The molecule has 0 aliphatic carbocycles. The van der Waals surface area contributed by atoms with Crippen LogP contribution in [0.1, 0.15) is 94.0 Å². The van der Waals surface area contributed by atoms with Crippen molar-refractivity contribution in [1.29, 1.82) is 0 Å². The number of ether oxygens (including phenoxy) is 2. The second kappa shape index (κ2) is 15.8. The highest BCUT2D eigenvalue weighted by molar-refractivity contribution is 5.91. The Morgan fingerprint density at radius 2 is 1.33 bits per heavy atom. The van der Waals surface area contributed by atoms with Gasteiger partial charge in [-0.15, -0.1) is 0 Å². The van der Waals surface area contributed by atoms with Crippen molar-refractivity contribution >= 4 is 5.97 Å². The SMILES string of the molecule is CCCCCCCCCCc1ccc(C(=O)Oc2ccc(-c3ccc(OCCCC)cc3)nc2)cc1. The van der Waals surface area contributed by atoms with Gasteiger partial charge in [-0.3, -0.25) is 4.98 Å². The number of pyridine rings is 1. The van der Waals surface area contributed by atoms with E-state index >= 15 is 0 Å².